The molecule has 2 heterocycles. The predicted octanol–water partition coefficient (Wildman–Crippen LogP) is 4.35. The lowest BCUT2D eigenvalue weighted by atomic mass is 9.98. The van der Waals surface area contributed by atoms with Crippen LogP contribution in [0.5, 0.6) is 5.75 Å². The van der Waals surface area contributed by atoms with Crippen LogP contribution in [0.25, 0.3) is 0 Å². The summed E-state index contributed by atoms with van der Waals surface area (Å²) in [6.07, 6.45) is 6.74. The van der Waals surface area contributed by atoms with E-state index in [1.807, 2.05) is 0 Å². The van der Waals surface area contributed by atoms with Crippen LogP contribution in [0.2, 0.25) is 0 Å². The number of nitrogens with one attached hydrogen (secondary N) is 3. The van der Waals surface area contributed by atoms with Gasteiger partial charge < -0.3 is 20.7 Å². The van der Waals surface area contributed by atoms with E-state index in [4.69, 9.17) is 4.74 Å². The van der Waals surface area contributed by atoms with Gasteiger partial charge in [-0.25, -0.2) is 22.1 Å². The maximum Gasteiger partial charge on any atom is 0.254 e. The molecule has 1 aliphatic heterocycles. The number of carbonyl (C=O) groups excluding carboxylic acids is 1. The molecule has 0 radical (unpaired) electrons. The molecule has 0 unspecified atom stereocenters. The zero-order chi connectivity index (χ0) is 30.8. The van der Waals surface area contributed by atoms with Crippen LogP contribution >= 0.6 is 15.9 Å². The fourth-order valence-corrected chi connectivity index (χ4v) is 6.62. The Bertz CT molecular complexity index is 1400. The van der Waals surface area contributed by atoms with Crippen molar-refractivity contribution in [2.75, 3.05) is 44.1 Å². The Labute approximate surface area is 256 Å². The minimum Gasteiger partial charge on any atom is -0.495 e. The largest absolute Gasteiger partial charge is 0.495 e. The van der Waals surface area contributed by atoms with E-state index in [0.29, 0.717) is 10.3 Å². The number of likely N-dealkylation sites (N-methyl/N-ethyl adjacent to an activating group) is 1. The Morgan fingerprint density at radius 3 is 2.50 bits per heavy atom. The van der Waals surface area contributed by atoms with Gasteiger partial charge in [-0.15, -0.1) is 0 Å². The van der Waals surface area contributed by atoms with Gasteiger partial charge in [0.15, 0.2) is 0 Å². The highest BCUT2D eigenvalue weighted by Gasteiger charge is 2.35. The average molecular weight is 671 g/mol. The van der Waals surface area contributed by atoms with Gasteiger partial charge in [0.1, 0.15) is 17.4 Å². The number of amides is 1. The number of aromatic nitrogens is 2. The molecule has 14 heteroatoms. The minimum absolute atomic E-state index is 0.0296. The second-order valence-corrected chi connectivity index (χ2v) is 14.9. The first-order chi connectivity index (χ1) is 19.7. The second kappa shape index (κ2) is 13.0. The Morgan fingerprint density at radius 2 is 1.88 bits per heavy atom. The average Bonchev–Trinajstić information content (AvgIpc) is 3.37. The Morgan fingerprint density at radius 1 is 1.19 bits per heavy atom. The first kappa shape index (κ1) is 32.4. The number of nitrogens with zero attached hydrogens (tertiary/aromatic N) is 4. The van der Waals surface area contributed by atoms with Crippen molar-refractivity contribution < 1.29 is 22.3 Å². The van der Waals surface area contributed by atoms with Crippen molar-refractivity contribution in [2.24, 2.45) is 0 Å². The molecule has 3 N–H and O–H groups in total. The summed E-state index contributed by atoms with van der Waals surface area (Å²) >= 11 is 3.46. The van der Waals surface area contributed by atoms with Crippen molar-refractivity contribution in [1.29, 1.82) is 0 Å². The Balaban J connectivity index is 1.46. The van der Waals surface area contributed by atoms with Gasteiger partial charge in [0.05, 0.1) is 29.1 Å². The van der Waals surface area contributed by atoms with Gasteiger partial charge in [-0.1, -0.05) is 0 Å². The first-order valence-corrected chi connectivity index (χ1v) is 16.7. The SMILES string of the molecule is COc1cc(C(=O)NC2CCN(C(C)(C)C)CC2)c(F)cc1Nc1ncc(Br)c(N[C@@H]2CCC[C@H]2N(C)S(C)(=O)=O)n1. The van der Waals surface area contributed by atoms with E-state index in [0.717, 1.165) is 45.2 Å². The molecular weight excluding hydrogens is 629 g/mol. The number of methoxy groups -OCH3 is 1. The highest BCUT2D eigenvalue weighted by molar-refractivity contribution is 9.10. The highest BCUT2D eigenvalue weighted by Crippen LogP contribution is 2.33. The van der Waals surface area contributed by atoms with E-state index < -0.39 is 21.7 Å². The molecule has 4 rings (SSSR count). The number of sulfonamides is 1. The number of piperidine rings is 1. The van der Waals surface area contributed by atoms with E-state index in [-0.39, 0.29) is 46.6 Å². The zero-order valence-electron chi connectivity index (χ0n) is 25.0. The number of rotatable bonds is 9. The summed E-state index contributed by atoms with van der Waals surface area (Å²) in [6, 6.07) is 2.19. The zero-order valence-corrected chi connectivity index (χ0v) is 27.4. The van der Waals surface area contributed by atoms with Crippen LogP contribution in [-0.2, 0) is 10.0 Å². The molecule has 1 saturated heterocycles. The van der Waals surface area contributed by atoms with Crippen LogP contribution < -0.4 is 20.7 Å². The molecule has 1 saturated carbocycles. The number of hydrogen-bond acceptors (Lipinski definition) is 9. The monoisotopic (exact) mass is 669 g/mol. The molecule has 0 bridgehead atoms. The summed E-state index contributed by atoms with van der Waals surface area (Å²) in [5.41, 5.74) is 0.228. The van der Waals surface area contributed by atoms with Crippen LogP contribution in [0, 0.1) is 5.82 Å². The lowest BCUT2D eigenvalue weighted by Gasteiger charge is -2.41. The van der Waals surface area contributed by atoms with Crippen molar-refractivity contribution in [1.82, 2.24) is 24.5 Å². The van der Waals surface area contributed by atoms with Crippen molar-refractivity contribution in [3.8, 4) is 5.75 Å². The number of carbonyl (C=O) groups is 1. The summed E-state index contributed by atoms with van der Waals surface area (Å²) in [5, 5.41) is 9.31. The quantitative estimate of drug-likeness (QED) is 0.357. The van der Waals surface area contributed by atoms with Gasteiger partial charge in [0.25, 0.3) is 5.91 Å². The lowest BCUT2D eigenvalue weighted by Crippen LogP contribution is -2.50. The van der Waals surface area contributed by atoms with Gasteiger partial charge in [-0.2, -0.15) is 4.98 Å². The highest BCUT2D eigenvalue weighted by atomic mass is 79.9. The van der Waals surface area contributed by atoms with E-state index in [1.54, 1.807) is 13.2 Å². The van der Waals surface area contributed by atoms with E-state index in [9.17, 15) is 13.2 Å². The van der Waals surface area contributed by atoms with Gasteiger partial charge in [0.2, 0.25) is 16.0 Å². The van der Waals surface area contributed by atoms with E-state index in [2.05, 4.69) is 67.5 Å². The molecular formula is C28H41BrFN7O4S. The molecule has 11 nitrogen and oxygen atoms in total. The number of benzene rings is 1. The summed E-state index contributed by atoms with van der Waals surface area (Å²) < 4.78 is 47.0. The molecule has 2 atom stereocenters. The maximum absolute atomic E-state index is 15.2. The van der Waals surface area contributed by atoms with Gasteiger partial charge in [-0.05, 0) is 74.9 Å². The van der Waals surface area contributed by atoms with Crippen LogP contribution in [-0.4, -0.2) is 90.7 Å². The molecule has 2 fully saturated rings. The van der Waals surface area contributed by atoms with Gasteiger partial charge >= 0.3 is 0 Å². The van der Waals surface area contributed by atoms with E-state index >= 15 is 4.39 Å². The minimum atomic E-state index is -3.35. The third kappa shape index (κ3) is 7.69. The smallest absolute Gasteiger partial charge is 0.254 e. The number of likely N-dealkylation sites (tertiary alicyclic amines) is 1. The third-order valence-corrected chi connectivity index (χ3v) is 9.99. The standard InChI is InChI=1S/C28H41BrFN7O4S/c1-28(2,3)37-12-10-17(11-13-37)32-26(38)18-14-24(41-5)22(15-20(18)30)34-27-31-16-19(29)25(35-27)33-21-8-7-9-23(21)36(4)42(6,39)40/h14-17,21,23H,7-13H2,1-6H3,(H,32,38)(H2,31,33,34,35)/t21-,23-/m1/s1. The molecule has 232 valence electrons. The van der Waals surface area contributed by atoms with Crippen molar-refractivity contribution in [3.63, 3.8) is 0 Å². The summed E-state index contributed by atoms with van der Waals surface area (Å²) in [6.45, 7) is 8.24. The predicted molar refractivity (Wildman–Crippen MR) is 165 cm³/mol. The number of halogens is 2. The molecule has 2 aliphatic rings. The first-order valence-electron chi connectivity index (χ1n) is 14.1. The number of ether oxygens (including phenoxy) is 1. The van der Waals surface area contributed by atoms with Crippen LogP contribution in [0.15, 0.2) is 22.8 Å². The maximum atomic E-state index is 15.2. The normalized spacial score (nSPS) is 20.5. The molecule has 1 aromatic carbocycles. The van der Waals surface area contributed by atoms with Crippen molar-refractivity contribution >= 4 is 49.3 Å². The third-order valence-electron chi connectivity index (χ3n) is 8.09. The second-order valence-electron chi connectivity index (χ2n) is 12.0. The van der Waals surface area contributed by atoms with Gasteiger partial charge in [-0.3, -0.25) is 9.69 Å². The van der Waals surface area contributed by atoms with Crippen LogP contribution in [0.1, 0.15) is 63.2 Å². The summed E-state index contributed by atoms with van der Waals surface area (Å²) in [4.78, 5) is 24.2. The topological polar surface area (TPSA) is 129 Å². The molecule has 1 amide bonds. The molecule has 1 aliphatic carbocycles. The molecule has 2 aromatic rings. The number of anilines is 3. The van der Waals surface area contributed by atoms with Crippen LogP contribution in [0.4, 0.5) is 21.8 Å². The Hall–Kier alpha value is -2.55. The lowest BCUT2D eigenvalue weighted by molar-refractivity contribution is 0.0809. The van der Waals surface area contributed by atoms with Crippen molar-refractivity contribution in [3.05, 3.63) is 34.2 Å². The molecule has 42 heavy (non-hydrogen) atoms. The summed E-state index contributed by atoms with van der Waals surface area (Å²) in [5.74, 6) is -0.277. The number of hydrogen-bond donors (Lipinski definition) is 3. The van der Waals surface area contributed by atoms with Gasteiger partial charge in [0, 0.05) is 56.1 Å². The molecule has 1 aromatic heterocycles. The Kier molecular flexibility index (Phi) is 10.0. The fraction of sp³-hybridized carbons (Fsp3) is 0.607. The molecule has 0 spiro atoms. The van der Waals surface area contributed by atoms with Crippen molar-refractivity contribution in [2.45, 2.75) is 76.5 Å². The van der Waals surface area contributed by atoms with Crippen LogP contribution in [0.3, 0.4) is 0 Å². The van der Waals surface area contributed by atoms with E-state index in [1.165, 1.54) is 29.8 Å². The summed E-state index contributed by atoms with van der Waals surface area (Å²) in [7, 11) is -0.325. The fourth-order valence-electron chi connectivity index (χ4n) is 5.57.